The van der Waals surface area contributed by atoms with Crippen LogP contribution in [0.2, 0.25) is 0 Å². The fourth-order valence-corrected chi connectivity index (χ4v) is 2.60. The molecule has 1 fully saturated rings. The van der Waals surface area contributed by atoms with Crippen LogP contribution in [0.1, 0.15) is 22.3 Å². The van der Waals surface area contributed by atoms with Crippen LogP contribution in [0, 0.1) is 17.0 Å². The highest BCUT2D eigenvalue weighted by atomic mass is 19.4. The standard InChI is InChI=1S/C14H14F3N3O4/c1-8-3-2-4-10(20(23)24)12(8)13(22)18-9-5-11(21)19(6-9)7-14(15,16)17/h2-4,9H,5-7H2,1H3,(H,18,22)/t9-/m0/s1. The molecule has 1 saturated heterocycles. The lowest BCUT2D eigenvalue weighted by atomic mass is 10.1. The molecule has 10 heteroatoms. The summed E-state index contributed by atoms with van der Waals surface area (Å²) in [4.78, 5) is 34.8. The molecule has 0 saturated carbocycles. The third kappa shape index (κ3) is 4.00. The van der Waals surface area contributed by atoms with Crippen LogP contribution >= 0.6 is 0 Å². The molecule has 0 spiro atoms. The molecular formula is C14H14F3N3O4. The quantitative estimate of drug-likeness (QED) is 0.665. The number of nitro benzene ring substituents is 1. The van der Waals surface area contributed by atoms with Crippen LogP contribution in [-0.2, 0) is 4.79 Å². The number of aryl methyl sites for hydroxylation is 1. The maximum atomic E-state index is 12.4. The number of nitrogens with zero attached hydrogens (tertiary/aromatic N) is 2. The molecule has 1 aromatic rings. The smallest absolute Gasteiger partial charge is 0.347 e. The van der Waals surface area contributed by atoms with Crippen molar-refractivity contribution in [2.24, 2.45) is 0 Å². The van der Waals surface area contributed by atoms with Gasteiger partial charge in [-0.3, -0.25) is 19.7 Å². The van der Waals surface area contributed by atoms with E-state index >= 15 is 0 Å². The van der Waals surface area contributed by atoms with Crippen LogP contribution in [0.25, 0.3) is 0 Å². The number of amides is 2. The number of carbonyl (C=O) groups excluding carboxylic acids is 2. The van der Waals surface area contributed by atoms with Gasteiger partial charge in [0.15, 0.2) is 0 Å². The van der Waals surface area contributed by atoms with Gasteiger partial charge in [-0.15, -0.1) is 0 Å². The first-order valence-corrected chi connectivity index (χ1v) is 6.98. The molecule has 0 radical (unpaired) electrons. The first kappa shape index (κ1) is 17.7. The maximum Gasteiger partial charge on any atom is 0.406 e. The third-order valence-electron chi connectivity index (χ3n) is 3.59. The molecule has 1 aliphatic rings. The van der Waals surface area contributed by atoms with Crippen molar-refractivity contribution in [3.05, 3.63) is 39.4 Å². The Hall–Kier alpha value is -2.65. The number of likely N-dealkylation sites (tertiary alicyclic amines) is 1. The Bertz CT molecular complexity index is 690. The second kappa shape index (κ2) is 6.46. The van der Waals surface area contributed by atoms with Crippen molar-refractivity contribution >= 4 is 17.5 Å². The van der Waals surface area contributed by atoms with Crippen LogP contribution < -0.4 is 5.32 Å². The molecule has 2 amide bonds. The minimum atomic E-state index is -4.52. The maximum absolute atomic E-state index is 12.4. The van der Waals surface area contributed by atoms with E-state index < -0.39 is 41.2 Å². The molecule has 1 atom stereocenters. The van der Waals surface area contributed by atoms with Gasteiger partial charge in [-0.25, -0.2) is 0 Å². The fraction of sp³-hybridized carbons (Fsp3) is 0.429. The third-order valence-corrected chi connectivity index (χ3v) is 3.59. The van der Waals surface area contributed by atoms with Crippen molar-refractivity contribution in [1.82, 2.24) is 10.2 Å². The van der Waals surface area contributed by atoms with Crippen LogP contribution in [0.15, 0.2) is 18.2 Å². The fourth-order valence-electron chi connectivity index (χ4n) is 2.60. The Morgan fingerprint density at radius 2 is 2.12 bits per heavy atom. The number of rotatable bonds is 4. The van der Waals surface area contributed by atoms with Crippen molar-refractivity contribution < 1.29 is 27.7 Å². The minimum absolute atomic E-state index is 0.163. The van der Waals surface area contributed by atoms with Gasteiger partial charge < -0.3 is 10.2 Å². The SMILES string of the molecule is Cc1cccc([N+](=O)[O-])c1C(=O)N[C@H]1CC(=O)N(CC(F)(F)F)C1. The summed E-state index contributed by atoms with van der Waals surface area (Å²) >= 11 is 0. The summed E-state index contributed by atoms with van der Waals surface area (Å²) in [5, 5.41) is 13.4. The zero-order valence-electron chi connectivity index (χ0n) is 12.6. The summed E-state index contributed by atoms with van der Waals surface area (Å²) in [5.41, 5.74) is -0.202. The minimum Gasteiger partial charge on any atom is -0.347 e. The lowest BCUT2D eigenvalue weighted by Gasteiger charge is -2.18. The van der Waals surface area contributed by atoms with E-state index in [0.29, 0.717) is 10.5 Å². The van der Waals surface area contributed by atoms with E-state index in [0.717, 1.165) is 6.07 Å². The Labute approximate surface area is 134 Å². The second-order valence-corrected chi connectivity index (χ2v) is 5.49. The van der Waals surface area contributed by atoms with E-state index in [1.54, 1.807) is 0 Å². The van der Waals surface area contributed by atoms with Crippen molar-refractivity contribution in [1.29, 1.82) is 0 Å². The number of hydrogen-bond donors (Lipinski definition) is 1. The number of nitrogens with one attached hydrogen (secondary N) is 1. The number of hydrogen-bond acceptors (Lipinski definition) is 4. The molecule has 0 aromatic heterocycles. The highest BCUT2D eigenvalue weighted by Gasteiger charge is 2.39. The number of carbonyl (C=O) groups is 2. The molecule has 1 heterocycles. The lowest BCUT2D eigenvalue weighted by molar-refractivity contribution is -0.385. The van der Waals surface area contributed by atoms with E-state index in [1.165, 1.54) is 19.1 Å². The highest BCUT2D eigenvalue weighted by Crippen LogP contribution is 2.24. The average molecular weight is 345 g/mol. The summed E-state index contributed by atoms with van der Waals surface area (Å²) in [7, 11) is 0. The largest absolute Gasteiger partial charge is 0.406 e. The van der Waals surface area contributed by atoms with Gasteiger partial charge in [0.2, 0.25) is 5.91 Å². The molecule has 1 aliphatic heterocycles. The Morgan fingerprint density at radius 3 is 2.71 bits per heavy atom. The van der Waals surface area contributed by atoms with Gasteiger partial charge in [0.1, 0.15) is 12.1 Å². The predicted octanol–water partition coefficient (Wildman–Crippen LogP) is 1.80. The molecule has 1 N–H and O–H groups in total. The summed E-state index contributed by atoms with van der Waals surface area (Å²) in [6.07, 6.45) is -4.80. The molecule has 1 aromatic carbocycles. The van der Waals surface area contributed by atoms with E-state index in [4.69, 9.17) is 0 Å². The number of nitro groups is 1. The molecule has 130 valence electrons. The normalized spacial score (nSPS) is 17.9. The highest BCUT2D eigenvalue weighted by molar-refractivity contribution is 6.00. The molecule has 7 nitrogen and oxygen atoms in total. The van der Waals surface area contributed by atoms with Gasteiger partial charge in [-0.05, 0) is 12.5 Å². The summed E-state index contributed by atoms with van der Waals surface area (Å²) in [6, 6.07) is 3.27. The molecule has 2 rings (SSSR count). The van der Waals surface area contributed by atoms with Crippen molar-refractivity contribution in [3.8, 4) is 0 Å². The Balaban J connectivity index is 2.12. The molecule has 0 aliphatic carbocycles. The number of halogens is 3. The van der Waals surface area contributed by atoms with Gasteiger partial charge in [0, 0.05) is 19.0 Å². The van der Waals surface area contributed by atoms with Crippen LogP contribution in [0.4, 0.5) is 18.9 Å². The molecule has 0 unspecified atom stereocenters. The topological polar surface area (TPSA) is 92.5 Å². The van der Waals surface area contributed by atoms with Gasteiger partial charge >= 0.3 is 6.18 Å². The van der Waals surface area contributed by atoms with Gasteiger partial charge in [-0.2, -0.15) is 13.2 Å². The van der Waals surface area contributed by atoms with Crippen molar-refractivity contribution in [2.75, 3.05) is 13.1 Å². The summed E-state index contributed by atoms with van der Waals surface area (Å²) in [6.45, 7) is -0.163. The van der Waals surface area contributed by atoms with Gasteiger partial charge in [-0.1, -0.05) is 12.1 Å². The van der Waals surface area contributed by atoms with Crippen LogP contribution in [0.5, 0.6) is 0 Å². The first-order chi connectivity index (χ1) is 11.1. The van der Waals surface area contributed by atoms with E-state index in [1.807, 2.05) is 0 Å². The first-order valence-electron chi connectivity index (χ1n) is 6.98. The van der Waals surface area contributed by atoms with Crippen molar-refractivity contribution in [2.45, 2.75) is 25.6 Å². The number of alkyl halides is 3. The lowest BCUT2D eigenvalue weighted by Crippen LogP contribution is -2.40. The molecule has 24 heavy (non-hydrogen) atoms. The Morgan fingerprint density at radius 1 is 1.46 bits per heavy atom. The Kier molecular flexibility index (Phi) is 4.76. The summed E-state index contributed by atoms with van der Waals surface area (Å²) in [5.74, 6) is -1.51. The van der Waals surface area contributed by atoms with Crippen LogP contribution in [-0.4, -0.2) is 46.9 Å². The average Bonchev–Trinajstić information content (AvgIpc) is 2.75. The van der Waals surface area contributed by atoms with Gasteiger partial charge in [0.05, 0.1) is 11.0 Å². The number of benzene rings is 1. The van der Waals surface area contributed by atoms with E-state index in [-0.39, 0.29) is 18.5 Å². The monoisotopic (exact) mass is 345 g/mol. The molecular weight excluding hydrogens is 331 g/mol. The zero-order chi connectivity index (χ0) is 18.1. The second-order valence-electron chi connectivity index (χ2n) is 5.49. The van der Waals surface area contributed by atoms with E-state index in [9.17, 15) is 32.9 Å². The molecule has 0 bridgehead atoms. The predicted molar refractivity (Wildman–Crippen MR) is 76.3 cm³/mol. The van der Waals surface area contributed by atoms with Crippen LogP contribution in [0.3, 0.4) is 0 Å². The van der Waals surface area contributed by atoms with Crippen molar-refractivity contribution in [3.63, 3.8) is 0 Å². The zero-order valence-corrected chi connectivity index (χ0v) is 12.6. The van der Waals surface area contributed by atoms with Gasteiger partial charge in [0.25, 0.3) is 11.6 Å². The van der Waals surface area contributed by atoms with E-state index in [2.05, 4.69) is 5.32 Å². The summed E-state index contributed by atoms with van der Waals surface area (Å²) < 4.78 is 37.1.